The third kappa shape index (κ3) is 5.35. The van der Waals surface area contributed by atoms with Gasteiger partial charge in [-0.2, -0.15) is 0 Å². The number of unbranched alkanes of at least 4 members (excludes halogenated alkanes) is 2. The quantitative estimate of drug-likeness (QED) is 0.528. The molecule has 0 fully saturated rings. The molecule has 0 bridgehead atoms. The van der Waals surface area contributed by atoms with E-state index in [1.165, 1.54) is 52.6 Å². The summed E-state index contributed by atoms with van der Waals surface area (Å²) < 4.78 is 2.86. The minimum absolute atomic E-state index is 0.00872. The third-order valence-electron chi connectivity index (χ3n) is 4.32. The highest BCUT2D eigenvalue weighted by atomic mass is 32.2. The molecule has 134 valence electrons. The average Bonchev–Trinajstić information content (AvgIpc) is 2.61. The maximum atomic E-state index is 11.6. The van der Waals surface area contributed by atoms with Crippen molar-refractivity contribution in [1.29, 1.82) is 0 Å². The number of aryl methyl sites for hydroxylation is 2. The molecule has 0 unspecified atom stereocenters. The van der Waals surface area contributed by atoms with Gasteiger partial charge in [-0.05, 0) is 60.9 Å². The Morgan fingerprint density at radius 1 is 1.16 bits per heavy atom. The Morgan fingerprint density at radius 2 is 1.96 bits per heavy atom. The first kappa shape index (κ1) is 19.5. The molecule has 3 nitrogen and oxygen atoms in total. The van der Waals surface area contributed by atoms with Gasteiger partial charge < -0.3 is 5.73 Å². The van der Waals surface area contributed by atoms with Gasteiger partial charge in [-0.15, -0.1) is 0 Å². The lowest BCUT2D eigenvalue weighted by molar-refractivity contribution is -0.117. The Kier molecular flexibility index (Phi) is 7.53. The Balaban J connectivity index is 2.37. The minimum atomic E-state index is -0.148. The van der Waals surface area contributed by atoms with Crippen LogP contribution in [0.15, 0.2) is 41.3 Å². The van der Waals surface area contributed by atoms with Crippen LogP contribution in [0.4, 0.5) is 0 Å². The number of nitrogens with two attached hydrogens (primary N) is 1. The highest BCUT2D eigenvalue weighted by Crippen LogP contribution is 2.34. The van der Waals surface area contributed by atoms with Crippen LogP contribution in [0, 0.1) is 13.8 Å². The zero-order valence-corrected chi connectivity index (χ0v) is 16.2. The Labute approximate surface area is 155 Å². The molecule has 25 heavy (non-hydrogen) atoms. The van der Waals surface area contributed by atoms with Crippen molar-refractivity contribution in [2.45, 2.75) is 51.3 Å². The molecule has 1 amide bonds. The number of carbonyl (C=O) groups excluding carboxylic acids is 1. The first-order valence-corrected chi connectivity index (χ1v) is 9.73. The molecule has 2 aromatic rings. The second-order valence-corrected chi connectivity index (χ2v) is 7.20. The normalized spacial score (nSPS) is 10.7. The van der Waals surface area contributed by atoms with Crippen LogP contribution in [-0.2, 0) is 11.2 Å². The molecule has 0 aliphatic rings. The SMILES string of the molecule is CCCCCc1ccc(-c2cccc(C)c2)c(C)c1SNC(=O)CN. The van der Waals surface area contributed by atoms with Crippen LogP contribution < -0.4 is 10.5 Å². The van der Waals surface area contributed by atoms with Gasteiger partial charge in [-0.3, -0.25) is 9.52 Å². The van der Waals surface area contributed by atoms with E-state index in [-0.39, 0.29) is 12.5 Å². The third-order valence-corrected chi connectivity index (χ3v) is 5.42. The van der Waals surface area contributed by atoms with E-state index in [0.717, 1.165) is 17.7 Å². The van der Waals surface area contributed by atoms with Crippen LogP contribution in [0.1, 0.15) is 42.9 Å². The number of carbonyl (C=O) groups is 1. The lowest BCUT2D eigenvalue weighted by atomic mass is 9.95. The van der Waals surface area contributed by atoms with Crippen LogP contribution in [-0.4, -0.2) is 12.5 Å². The van der Waals surface area contributed by atoms with Gasteiger partial charge in [0.15, 0.2) is 0 Å². The molecule has 0 spiro atoms. The lowest BCUT2D eigenvalue weighted by Gasteiger charge is -2.17. The summed E-state index contributed by atoms with van der Waals surface area (Å²) in [6.45, 7) is 6.46. The van der Waals surface area contributed by atoms with Crippen LogP contribution in [0.3, 0.4) is 0 Å². The number of hydrogen-bond donors (Lipinski definition) is 2. The van der Waals surface area contributed by atoms with Gasteiger partial charge in [0.1, 0.15) is 0 Å². The zero-order valence-electron chi connectivity index (χ0n) is 15.4. The molecule has 2 aromatic carbocycles. The maximum Gasteiger partial charge on any atom is 0.243 e. The second-order valence-electron chi connectivity index (χ2n) is 6.38. The van der Waals surface area contributed by atoms with Gasteiger partial charge in [-0.25, -0.2) is 0 Å². The predicted octanol–water partition coefficient (Wildman–Crippen LogP) is 4.79. The fraction of sp³-hybridized carbons (Fsp3) is 0.381. The molecule has 3 N–H and O–H groups in total. The molecule has 0 heterocycles. The molecule has 0 aromatic heterocycles. The standard InChI is InChI=1S/C21H28N2OS/c1-4-5-6-9-17-11-12-19(18-10-7-8-15(2)13-18)16(3)21(17)25-23-20(24)14-22/h7-8,10-13H,4-6,9,14,22H2,1-3H3,(H,23,24). The molecule has 0 saturated heterocycles. The van der Waals surface area contributed by atoms with Crippen LogP contribution in [0.2, 0.25) is 0 Å². The number of benzene rings is 2. The largest absolute Gasteiger partial charge is 0.322 e. The number of hydrogen-bond acceptors (Lipinski definition) is 3. The molecular formula is C21H28N2OS. The predicted molar refractivity (Wildman–Crippen MR) is 108 cm³/mol. The van der Waals surface area contributed by atoms with Crippen molar-refractivity contribution >= 4 is 17.9 Å². The van der Waals surface area contributed by atoms with E-state index >= 15 is 0 Å². The summed E-state index contributed by atoms with van der Waals surface area (Å²) in [4.78, 5) is 12.8. The average molecular weight is 357 g/mol. The number of nitrogens with one attached hydrogen (secondary N) is 1. The van der Waals surface area contributed by atoms with E-state index in [9.17, 15) is 4.79 Å². The van der Waals surface area contributed by atoms with Gasteiger partial charge >= 0.3 is 0 Å². The summed E-state index contributed by atoms with van der Waals surface area (Å²) in [5.41, 5.74) is 11.6. The second kappa shape index (κ2) is 9.64. The van der Waals surface area contributed by atoms with Gasteiger partial charge in [0, 0.05) is 4.90 Å². The van der Waals surface area contributed by atoms with Gasteiger partial charge in [0.25, 0.3) is 0 Å². The van der Waals surface area contributed by atoms with E-state index in [4.69, 9.17) is 5.73 Å². The minimum Gasteiger partial charge on any atom is -0.322 e. The van der Waals surface area contributed by atoms with E-state index in [1.54, 1.807) is 0 Å². The fourth-order valence-electron chi connectivity index (χ4n) is 2.93. The van der Waals surface area contributed by atoms with Crippen molar-refractivity contribution in [2.24, 2.45) is 5.73 Å². The van der Waals surface area contributed by atoms with E-state index in [1.807, 2.05) is 0 Å². The number of rotatable bonds is 8. The van der Waals surface area contributed by atoms with Crippen molar-refractivity contribution < 1.29 is 4.79 Å². The van der Waals surface area contributed by atoms with E-state index in [0.29, 0.717) is 0 Å². The maximum absolute atomic E-state index is 11.6. The smallest absolute Gasteiger partial charge is 0.243 e. The summed E-state index contributed by atoms with van der Waals surface area (Å²) >= 11 is 1.40. The van der Waals surface area contributed by atoms with Crippen molar-refractivity contribution in [2.75, 3.05) is 6.54 Å². The van der Waals surface area contributed by atoms with Crippen molar-refractivity contribution in [1.82, 2.24) is 4.72 Å². The van der Waals surface area contributed by atoms with Gasteiger partial charge in [0.05, 0.1) is 6.54 Å². The van der Waals surface area contributed by atoms with E-state index in [2.05, 4.69) is 61.9 Å². The fourth-order valence-corrected chi connectivity index (χ4v) is 3.79. The molecule has 0 radical (unpaired) electrons. The molecule has 0 saturated carbocycles. The summed E-state index contributed by atoms with van der Waals surface area (Å²) in [5.74, 6) is -0.148. The van der Waals surface area contributed by atoms with Crippen molar-refractivity contribution in [3.05, 3.63) is 53.1 Å². The number of amides is 1. The Bertz CT molecular complexity index is 728. The highest BCUT2D eigenvalue weighted by Gasteiger charge is 2.13. The van der Waals surface area contributed by atoms with E-state index < -0.39 is 0 Å². The molecule has 4 heteroatoms. The van der Waals surface area contributed by atoms with Crippen molar-refractivity contribution in [3.63, 3.8) is 0 Å². The zero-order chi connectivity index (χ0) is 18.2. The van der Waals surface area contributed by atoms with Crippen LogP contribution >= 0.6 is 11.9 Å². The summed E-state index contributed by atoms with van der Waals surface area (Å²) in [7, 11) is 0. The van der Waals surface area contributed by atoms with Gasteiger partial charge in [-0.1, -0.05) is 61.7 Å². The van der Waals surface area contributed by atoms with Gasteiger partial charge in [0.2, 0.25) is 5.91 Å². The molecule has 0 aliphatic carbocycles. The van der Waals surface area contributed by atoms with Crippen LogP contribution in [0.25, 0.3) is 11.1 Å². The lowest BCUT2D eigenvalue weighted by Crippen LogP contribution is -2.25. The molecule has 0 aliphatic heterocycles. The topological polar surface area (TPSA) is 55.1 Å². The first-order chi connectivity index (χ1) is 12.1. The van der Waals surface area contributed by atoms with Crippen LogP contribution in [0.5, 0.6) is 0 Å². The highest BCUT2D eigenvalue weighted by molar-refractivity contribution is 7.98. The summed E-state index contributed by atoms with van der Waals surface area (Å²) in [5, 5.41) is 0. The first-order valence-electron chi connectivity index (χ1n) is 8.92. The summed E-state index contributed by atoms with van der Waals surface area (Å²) in [6, 6.07) is 12.9. The Hall–Kier alpha value is -1.78. The molecular weight excluding hydrogens is 328 g/mol. The monoisotopic (exact) mass is 356 g/mol. The summed E-state index contributed by atoms with van der Waals surface area (Å²) in [6.07, 6.45) is 4.62. The molecule has 0 atom stereocenters. The Morgan fingerprint density at radius 3 is 2.64 bits per heavy atom. The van der Waals surface area contributed by atoms with Crippen molar-refractivity contribution in [3.8, 4) is 11.1 Å². The molecule has 2 rings (SSSR count).